The minimum absolute atomic E-state index is 0.0558. The summed E-state index contributed by atoms with van der Waals surface area (Å²) in [5.74, 6) is -3.36. The molecule has 7 nitrogen and oxygen atoms in total. The van der Waals surface area contributed by atoms with Crippen LogP contribution in [-0.4, -0.2) is 56.5 Å². The molecule has 1 heterocycles. The van der Waals surface area contributed by atoms with Crippen molar-refractivity contribution in [3.8, 4) is 0 Å². The molecule has 1 saturated heterocycles. The zero-order valence-electron chi connectivity index (χ0n) is 17.5. The number of nitrogens with zero attached hydrogens (tertiary/aromatic N) is 1. The number of amides is 3. The fourth-order valence-corrected chi connectivity index (χ4v) is 6.69. The zero-order chi connectivity index (χ0) is 22.3. The molecule has 4 aliphatic rings. The van der Waals surface area contributed by atoms with Gasteiger partial charge in [-0.25, -0.2) is 0 Å². The maximum Gasteiger partial charge on any atom is 0.307 e. The lowest BCUT2D eigenvalue weighted by atomic mass is 9.78. The molecule has 3 amide bonds. The number of hydrogen-bond donors (Lipinski definition) is 2. The molecule has 3 saturated carbocycles. The number of rotatable bonds is 4. The van der Waals surface area contributed by atoms with Crippen molar-refractivity contribution in [2.45, 2.75) is 87.0 Å². The van der Waals surface area contributed by atoms with Crippen LogP contribution in [0.2, 0.25) is 0 Å². The number of likely N-dealkylation sites (tertiary alicyclic amines) is 1. The van der Waals surface area contributed by atoms with E-state index in [2.05, 4.69) is 5.32 Å². The van der Waals surface area contributed by atoms with E-state index in [0.717, 1.165) is 25.7 Å². The first-order valence-corrected chi connectivity index (χ1v) is 12.3. The molecule has 8 atom stereocenters. The second-order valence-corrected chi connectivity index (χ2v) is 10.9. The van der Waals surface area contributed by atoms with Gasteiger partial charge < -0.3 is 10.4 Å². The molecule has 0 aromatic carbocycles. The molecule has 172 valence electrons. The number of aliphatic carboxylic acids is 1. The summed E-state index contributed by atoms with van der Waals surface area (Å²) in [5, 5.41) is 12.3. The van der Waals surface area contributed by atoms with Gasteiger partial charge in [-0.1, -0.05) is 0 Å². The zero-order valence-corrected chi connectivity index (χ0v) is 19.0. The first kappa shape index (κ1) is 22.8. The summed E-state index contributed by atoms with van der Waals surface area (Å²) in [7, 11) is 0. The summed E-state index contributed by atoms with van der Waals surface area (Å²) >= 11 is 12.5. The highest BCUT2D eigenvalue weighted by Gasteiger charge is 2.52. The second kappa shape index (κ2) is 9.26. The van der Waals surface area contributed by atoms with E-state index in [1.54, 1.807) is 0 Å². The number of alkyl halides is 2. The lowest BCUT2D eigenvalue weighted by Crippen LogP contribution is -2.51. The summed E-state index contributed by atoms with van der Waals surface area (Å²) in [6, 6.07) is -0.402. The van der Waals surface area contributed by atoms with Crippen LogP contribution in [0.15, 0.2) is 0 Å². The van der Waals surface area contributed by atoms with E-state index in [0.29, 0.717) is 38.5 Å². The predicted molar refractivity (Wildman–Crippen MR) is 115 cm³/mol. The molecule has 8 unspecified atom stereocenters. The molecule has 0 bridgehead atoms. The van der Waals surface area contributed by atoms with Crippen LogP contribution in [0.1, 0.15) is 64.2 Å². The molecule has 31 heavy (non-hydrogen) atoms. The Morgan fingerprint density at radius 3 is 2.26 bits per heavy atom. The standard InChI is InChI=1S/C22H30Cl2N2O5/c23-11-5-7-16(22(30)31)17(8-11)19(27)25-13-2-1-3-14(10-13)26-20(28)15-6-4-12(24)9-18(15)21(26)29/h11-18H,1-10H2,(H,25,27)(H,30,31). The highest BCUT2D eigenvalue weighted by atomic mass is 35.5. The highest BCUT2D eigenvalue weighted by Crippen LogP contribution is 2.42. The van der Waals surface area contributed by atoms with Crippen LogP contribution in [0.4, 0.5) is 0 Å². The number of hydrogen-bond acceptors (Lipinski definition) is 4. The van der Waals surface area contributed by atoms with Crippen LogP contribution < -0.4 is 5.32 Å². The number of carbonyl (C=O) groups is 4. The average Bonchev–Trinajstić information content (AvgIpc) is 2.97. The second-order valence-electron chi connectivity index (χ2n) is 9.66. The maximum atomic E-state index is 13.0. The molecule has 0 aromatic heterocycles. The Morgan fingerprint density at radius 1 is 0.839 bits per heavy atom. The summed E-state index contributed by atoms with van der Waals surface area (Å²) in [5.41, 5.74) is 0. The van der Waals surface area contributed by atoms with Gasteiger partial charge in [0.2, 0.25) is 17.7 Å². The number of imide groups is 1. The molecular weight excluding hydrogens is 443 g/mol. The molecule has 4 rings (SSSR count). The van der Waals surface area contributed by atoms with Gasteiger partial charge in [-0.15, -0.1) is 23.2 Å². The third kappa shape index (κ3) is 4.58. The maximum absolute atomic E-state index is 13.0. The number of fused-ring (bicyclic) bond motifs is 1. The van der Waals surface area contributed by atoms with Crippen LogP contribution in [0.3, 0.4) is 0 Å². The molecular formula is C22H30Cl2N2O5. The average molecular weight is 473 g/mol. The quantitative estimate of drug-likeness (QED) is 0.483. The molecule has 9 heteroatoms. The van der Waals surface area contributed by atoms with Gasteiger partial charge in [0.15, 0.2) is 0 Å². The summed E-state index contributed by atoms with van der Waals surface area (Å²) < 4.78 is 0. The van der Waals surface area contributed by atoms with E-state index in [-0.39, 0.29) is 52.4 Å². The van der Waals surface area contributed by atoms with E-state index in [4.69, 9.17) is 23.2 Å². The Kier molecular flexibility index (Phi) is 6.82. The summed E-state index contributed by atoms with van der Waals surface area (Å²) in [4.78, 5) is 52.0. The Morgan fingerprint density at radius 2 is 1.52 bits per heavy atom. The topological polar surface area (TPSA) is 104 Å². The van der Waals surface area contributed by atoms with E-state index >= 15 is 0 Å². The van der Waals surface area contributed by atoms with Crippen molar-refractivity contribution in [3.05, 3.63) is 0 Å². The third-order valence-corrected chi connectivity index (χ3v) is 8.49. The highest BCUT2D eigenvalue weighted by molar-refractivity contribution is 6.21. The Balaban J connectivity index is 1.40. The van der Waals surface area contributed by atoms with Gasteiger partial charge in [-0.05, 0) is 64.2 Å². The van der Waals surface area contributed by atoms with Gasteiger partial charge in [-0.3, -0.25) is 24.1 Å². The first-order valence-electron chi connectivity index (χ1n) is 11.4. The Hall–Kier alpha value is -1.34. The van der Waals surface area contributed by atoms with Crippen molar-refractivity contribution < 1.29 is 24.3 Å². The van der Waals surface area contributed by atoms with Crippen molar-refractivity contribution >= 4 is 46.9 Å². The fraction of sp³-hybridized carbons (Fsp3) is 0.818. The molecule has 0 aromatic rings. The fourth-order valence-electron chi connectivity index (χ4n) is 6.06. The van der Waals surface area contributed by atoms with Gasteiger partial charge >= 0.3 is 5.97 Å². The minimum Gasteiger partial charge on any atom is -0.481 e. The third-order valence-electron chi connectivity index (χ3n) is 7.69. The van der Waals surface area contributed by atoms with Gasteiger partial charge in [-0.2, -0.15) is 0 Å². The van der Waals surface area contributed by atoms with E-state index < -0.39 is 17.8 Å². The largest absolute Gasteiger partial charge is 0.481 e. The van der Waals surface area contributed by atoms with Gasteiger partial charge in [0.1, 0.15) is 0 Å². The lowest BCUT2D eigenvalue weighted by molar-refractivity contribution is -0.149. The summed E-state index contributed by atoms with van der Waals surface area (Å²) in [6.45, 7) is 0. The number of carbonyl (C=O) groups excluding carboxylic acids is 3. The molecule has 0 radical (unpaired) electrons. The first-order chi connectivity index (χ1) is 14.8. The van der Waals surface area contributed by atoms with E-state index in [1.807, 2.05) is 0 Å². The predicted octanol–water partition coefficient (Wildman–Crippen LogP) is 2.91. The minimum atomic E-state index is -0.960. The monoisotopic (exact) mass is 472 g/mol. The lowest BCUT2D eigenvalue weighted by Gasteiger charge is -2.36. The van der Waals surface area contributed by atoms with Gasteiger partial charge in [0.05, 0.1) is 23.7 Å². The molecule has 4 fully saturated rings. The molecule has 3 aliphatic carbocycles. The van der Waals surface area contributed by atoms with Gasteiger partial charge in [0, 0.05) is 22.8 Å². The van der Waals surface area contributed by atoms with Crippen molar-refractivity contribution in [3.63, 3.8) is 0 Å². The number of halogens is 2. The van der Waals surface area contributed by atoms with Crippen LogP contribution in [0.5, 0.6) is 0 Å². The van der Waals surface area contributed by atoms with Crippen molar-refractivity contribution in [2.24, 2.45) is 23.7 Å². The van der Waals surface area contributed by atoms with Crippen LogP contribution in [0.25, 0.3) is 0 Å². The Labute approximate surface area is 192 Å². The number of carboxylic acid groups (broad SMARTS) is 1. The normalized spacial score (nSPS) is 41.0. The molecule has 1 aliphatic heterocycles. The van der Waals surface area contributed by atoms with Crippen LogP contribution in [0, 0.1) is 23.7 Å². The summed E-state index contributed by atoms with van der Waals surface area (Å²) in [6.07, 6.45) is 6.12. The van der Waals surface area contributed by atoms with Crippen molar-refractivity contribution in [1.82, 2.24) is 10.2 Å². The van der Waals surface area contributed by atoms with E-state index in [1.165, 1.54) is 4.90 Å². The van der Waals surface area contributed by atoms with Gasteiger partial charge in [0.25, 0.3) is 0 Å². The number of nitrogens with one attached hydrogen (secondary N) is 1. The molecule has 0 spiro atoms. The van der Waals surface area contributed by atoms with Crippen molar-refractivity contribution in [1.29, 1.82) is 0 Å². The number of carboxylic acids is 1. The SMILES string of the molecule is O=C(O)C1CCC(Cl)CC1C(=O)NC1CCCC(N2C(=O)C3CCC(Cl)CC3C2=O)C1. The Bertz CT molecular complexity index is 762. The van der Waals surface area contributed by atoms with Crippen LogP contribution >= 0.6 is 23.2 Å². The van der Waals surface area contributed by atoms with E-state index in [9.17, 15) is 24.3 Å². The van der Waals surface area contributed by atoms with Crippen LogP contribution in [-0.2, 0) is 19.2 Å². The smallest absolute Gasteiger partial charge is 0.307 e. The van der Waals surface area contributed by atoms with Crippen molar-refractivity contribution in [2.75, 3.05) is 0 Å². The molecule has 2 N–H and O–H groups in total.